The molecule has 2 heterocycles. The van der Waals surface area contributed by atoms with Gasteiger partial charge in [0.25, 0.3) is 0 Å². The largest absolute Gasteiger partial charge is 0.345 e. The highest BCUT2D eigenvalue weighted by Crippen LogP contribution is 2.40. The van der Waals surface area contributed by atoms with Crippen LogP contribution in [0, 0.1) is 5.41 Å². The standard InChI is InChI=1S/C15H17ClN2O/c1-15(6-3-2-4-7-15)13(19)10-9-18-14-12(10)11(16)5-8-17-14/h5,8-9H,2-4,6-7H2,1H3,(H,17,18). The third-order valence-electron chi connectivity index (χ3n) is 4.27. The molecule has 2 aromatic heterocycles. The topological polar surface area (TPSA) is 45.8 Å². The van der Waals surface area contributed by atoms with Crippen LogP contribution in [-0.2, 0) is 0 Å². The van der Waals surface area contributed by atoms with Crippen LogP contribution in [0.15, 0.2) is 18.5 Å². The lowest BCUT2D eigenvalue weighted by atomic mass is 9.71. The number of halogens is 1. The molecule has 1 fully saturated rings. The van der Waals surface area contributed by atoms with Crippen molar-refractivity contribution in [2.45, 2.75) is 39.0 Å². The number of H-pyrrole nitrogens is 1. The van der Waals surface area contributed by atoms with Gasteiger partial charge in [0.2, 0.25) is 0 Å². The van der Waals surface area contributed by atoms with Gasteiger partial charge in [-0.1, -0.05) is 37.8 Å². The van der Waals surface area contributed by atoms with Crippen molar-refractivity contribution < 1.29 is 4.79 Å². The summed E-state index contributed by atoms with van der Waals surface area (Å²) < 4.78 is 0. The van der Waals surface area contributed by atoms with E-state index in [9.17, 15) is 4.79 Å². The lowest BCUT2D eigenvalue weighted by Gasteiger charge is -2.31. The number of carbonyl (C=O) groups excluding carboxylic acids is 1. The number of pyridine rings is 1. The Morgan fingerprint density at radius 3 is 2.84 bits per heavy atom. The van der Waals surface area contributed by atoms with E-state index in [2.05, 4.69) is 16.9 Å². The van der Waals surface area contributed by atoms with E-state index in [0.717, 1.165) is 31.1 Å². The molecule has 1 saturated carbocycles. The number of carbonyl (C=O) groups is 1. The maximum atomic E-state index is 12.8. The quantitative estimate of drug-likeness (QED) is 0.828. The van der Waals surface area contributed by atoms with Crippen molar-refractivity contribution in [2.24, 2.45) is 5.41 Å². The minimum atomic E-state index is -0.244. The molecule has 0 atom stereocenters. The van der Waals surface area contributed by atoms with Crippen LogP contribution >= 0.6 is 11.6 Å². The molecule has 0 unspecified atom stereocenters. The van der Waals surface area contributed by atoms with E-state index in [4.69, 9.17) is 11.6 Å². The molecule has 1 N–H and O–H groups in total. The predicted molar refractivity (Wildman–Crippen MR) is 76.6 cm³/mol. The number of aromatic nitrogens is 2. The molecule has 3 nitrogen and oxygen atoms in total. The first-order chi connectivity index (χ1) is 9.12. The molecule has 4 heteroatoms. The molecule has 1 aliphatic carbocycles. The van der Waals surface area contributed by atoms with E-state index < -0.39 is 0 Å². The first-order valence-corrected chi connectivity index (χ1v) is 7.16. The van der Waals surface area contributed by atoms with Crippen molar-refractivity contribution in [2.75, 3.05) is 0 Å². The van der Waals surface area contributed by atoms with Gasteiger partial charge >= 0.3 is 0 Å². The number of hydrogen-bond acceptors (Lipinski definition) is 2. The Labute approximate surface area is 117 Å². The summed E-state index contributed by atoms with van der Waals surface area (Å²) >= 11 is 6.22. The molecule has 0 aliphatic heterocycles. The number of rotatable bonds is 2. The summed E-state index contributed by atoms with van der Waals surface area (Å²) in [6, 6.07) is 1.73. The third-order valence-corrected chi connectivity index (χ3v) is 4.59. The zero-order chi connectivity index (χ0) is 13.5. The van der Waals surface area contributed by atoms with Gasteiger partial charge in [0.1, 0.15) is 5.65 Å². The fraction of sp³-hybridized carbons (Fsp3) is 0.467. The lowest BCUT2D eigenvalue weighted by Crippen LogP contribution is -2.30. The van der Waals surface area contributed by atoms with E-state index in [1.807, 2.05) is 0 Å². The molecule has 3 rings (SSSR count). The monoisotopic (exact) mass is 276 g/mol. The number of ketones is 1. The zero-order valence-corrected chi connectivity index (χ0v) is 11.8. The second-order valence-electron chi connectivity index (χ2n) is 5.67. The number of fused-ring (bicyclic) bond motifs is 1. The van der Waals surface area contributed by atoms with E-state index in [1.54, 1.807) is 18.5 Å². The Kier molecular flexibility index (Phi) is 3.09. The van der Waals surface area contributed by atoms with Gasteiger partial charge in [-0.3, -0.25) is 4.79 Å². The summed E-state index contributed by atoms with van der Waals surface area (Å²) in [5, 5.41) is 1.36. The highest BCUT2D eigenvalue weighted by Gasteiger charge is 2.36. The number of Topliss-reactive ketones (excluding diaryl/α,β-unsaturated/α-hetero) is 1. The molecule has 0 aromatic carbocycles. The van der Waals surface area contributed by atoms with E-state index in [-0.39, 0.29) is 11.2 Å². The van der Waals surface area contributed by atoms with Gasteiger partial charge in [0.15, 0.2) is 5.78 Å². The minimum Gasteiger partial charge on any atom is -0.345 e. The molecule has 19 heavy (non-hydrogen) atoms. The maximum Gasteiger partial charge on any atom is 0.170 e. The third kappa shape index (κ3) is 2.06. The molecule has 100 valence electrons. The minimum absolute atomic E-state index is 0.202. The van der Waals surface area contributed by atoms with Gasteiger partial charge in [0, 0.05) is 28.8 Å². The summed E-state index contributed by atoms with van der Waals surface area (Å²) in [6.45, 7) is 2.08. The molecule has 2 aromatic rings. The van der Waals surface area contributed by atoms with Crippen LogP contribution in [0.2, 0.25) is 5.02 Å². The Hall–Kier alpha value is -1.35. The average Bonchev–Trinajstić information content (AvgIpc) is 2.84. The predicted octanol–water partition coefficient (Wildman–Crippen LogP) is 4.37. The van der Waals surface area contributed by atoms with E-state index >= 15 is 0 Å². The molecule has 0 amide bonds. The van der Waals surface area contributed by atoms with Crippen molar-refractivity contribution >= 4 is 28.4 Å². The summed E-state index contributed by atoms with van der Waals surface area (Å²) in [5.41, 5.74) is 1.14. The van der Waals surface area contributed by atoms with Crippen LogP contribution in [0.3, 0.4) is 0 Å². The van der Waals surface area contributed by atoms with Crippen molar-refractivity contribution in [3.8, 4) is 0 Å². The Morgan fingerprint density at radius 2 is 2.11 bits per heavy atom. The molecular formula is C15H17ClN2O. The summed E-state index contributed by atoms with van der Waals surface area (Å²) in [6.07, 6.45) is 8.85. The Balaban J connectivity index is 2.07. The molecule has 0 saturated heterocycles. The van der Waals surface area contributed by atoms with Gasteiger partial charge in [0.05, 0.1) is 5.02 Å². The molecule has 0 bridgehead atoms. The van der Waals surface area contributed by atoms with Crippen molar-refractivity contribution in [1.29, 1.82) is 0 Å². The molecule has 1 aliphatic rings. The van der Waals surface area contributed by atoms with Crippen molar-refractivity contribution in [3.63, 3.8) is 0 Å². The van der Waals surface area contributed by atoms with Crippen LogP contribution in [0.5, 0.6) is 0 Å². The second-order valence-corrected chi connectivity index (χ2v) is 6.08. The van der Waals surface area contributed by atoms with Gasteiger partial charge in [-0.2, -0.15) is 0 Å². The van der Waals surface area contributed by atoms with Crippen LogP contribution in [0.4, 0.5) is 0 Å². The van der Waals surface area contributed by atoms with Crippen LogP contribution in [0.1, 0.15) is 49.4 Å². The average molecular weight is 277 g/mol. The fourth-order valence-corrected chi connectivity index (χ4v) is 3.33. The zero-order valence-electron chi connectivity index (χ0n) is 11.0. The van der Waals surface area contributed by atoms with Gasteiger partial charge in [-0.15, -0.1) is 0 Å². The van der Waals surface area contributed by atoms with Crippen molar-refractivity contribution in [1.82, 2.24) is 9.97 Å². The first-order valence-electron chi connectivity index (χ1n) is 6.78. The van der Waals surface area contributed by atoms with Gasteiger partial charge in [-0.25, -0.2) is 4.98 Å². The van der Waals surface area contributed by atoms with Crippen LogP contribution < -0.4 is 0 Å². The first kappa shape index (κ1) is 12.7. The van der Waals surface area contributed by atoms with Crippen molar-refractivity contribution in [3.05, 3.63) is 29.0 Å². The second kappa shape index (κ2) is 4.64. The van der Waals surface area contributed by atoms with Crippen LogP contribution in [-0.4, -0.2) is 15.8 Å². The van der Waals surface area contributed by atoms with Gasteiger partial charge in [-0.05, 0) is 18.9 Å². The maximum absolute atomic E-state index is 12.8. The molecule has 0 radical (unpaired) electrons. The summed E-state index contributed by atoms with van der Waals surface area (Å²) in [4.78, 5) is 20.1. The van der Waals surface area contributed by atoms with Crippen LogP contribution in [0.25, 0.3) is 11.0 Å². The normalized spacial score (nSPS) is 18.6. The lowest BCUT2D eigenvalue weighted by molar-refractivity contribution is 0.0751. The van der Waals surface area contributed by atoms with E-state index in [0.29, 0.717) is 16.2 Å². The molecule has 0 spiro atoms. The number of aromatic amines is 1. The smallest absolute Gasteiger partial charge is 0.170 e. The number of nitrogens with zero attached hydrogens (tertiary/aromatic N) is 1. The Bertz CT molecular complexity index is 626. The Morgan fingerprint density at radius 1 is 1.37 bits per heavy atom. The number of nitrogens with one attached hydrogen (secondary N) is 1. The summed E-state index contributed by atoms with van der Waals surface area (Å²) in [7, 11) is 0. The molecular weight excluding hydrogens is 260 g/mol. The highest BCUT2D eigenvalue weighted by molar-refractivity contribution is 6.36. The highest BCUT2D eigenvalue weighted by atomic mass is 35.5. The fourth-order valence-electron chi connectivity index (χ4n) is 3.08. The van der Waals surface area contributed by atoms with E-state index in [1.165, 1.54) is 6.42 Å². The van der Waals surface area contributed by atoms with Gasteiger partial charge < -0.3 is 4.98 Å². The summed E-state index contributed by atoms with van der Waals surface area (Å²) in [5.74, 6) is 0.202. The SMILES string of the molecule is CC1(C(=O)c2c[nH]c3nccc(Cl)c23)CCCCC1. The number of hydrogen-bond donors (Lipinski definition) is 1.